The summed E-state index contributed by atoms with van der Waals surface area (Å²) in [5.74, 6) is -0.885. The number of amides is 2. The summed E-state index contributed by atoms with van der Waals surface area (Å²) in [6.45, 7) is 1.76. The van der Waals surface area contributed by atoms with Crippen molar-refractivity contribution in [1.29, 1.82) is 0 Å². The van der Waals surface area contributed by atoms with E-state index in [-0.39, 0.29) is 11.5 Å². The molecule has 2 amide bonds. The van der Waals surface area contributed by atoms with Crippen LogP contribution in [0.4, 0.5) is 0 Å². The molecule has 4 heteroatoms. The zero-order valence-corrected chi connectivity index (χ0v) is 8.13. The van der Waals surface area contributed by atoms with E-state index in [2.05, 4.69) is 5.32 Å². The van der Waals surface area contributed by atoms with Crippen molar-refractivity contribution in [2.75, 3.05) is 7.05 Å². The van der Waals surface area contributed by atoms with Gasteiger partial charge in [-0.25, -0.2) is 0 Å². The molecule has 0 radical (unpaired) electrons. The van der Waals surface area contributed by atoms with Gasteiger partial charge in [0.05, 0.1) is 11.1 Å². The molecular formula is C10H12N2O2. The lowest BCUT2D eigenvalue weighted by molar-refractivity contribution is 0.0943. The Bertz CT molecular complexity index is 386. The van der Waals surface area contributed by atoms with Gasteiger partial charge in [0.15, 0.2) is 0 Å². The van der Waals surface area contributed by atoms with Crippen LogP contribution in [0.1, 0.15) is 26.3 Å². The molecule has 0 aromatic heterocycles. The Morgan fingerprint density at radius 2 is 2.00 bits per heavy atom. The molecule has 0 heterocycles. The van der Waals surface area contributed by atoms with Crippen molar-refractivity contribution in [3.63, 3.8) is 0 Å². The Kier molecular flexibility index (Phi) is 2.86. The molecule has 1 aromatic carbocycles. The van der Waals surface area contributed by atoms with Crippen LogP contribution >= 0.6 is 0 Å². The van der Waals surface area contributed by atoms with Gasteiger partial charge in [-0.15, -0.1) is 0 Å². The molecule has 14 heavy (non-hydrogen) atoms. The van der Waals surface area contributed by atoms with Gasteiger partial charge in [0, 0.05) is 7.05 Å². The third-order valence-corrected chi connectivity index (χ3v) is 1.99. The minimum absolute atomic E-state index is 0.254. The van der Waals surface area contributed by atoms with Crippen molar-refractivity contribution in [2.45, 2.75) is 6.92 Å². The first-order valence-corrected chi connectivity index (χ1v) is 4.19. The Morgan fingerprint density at radius 1 is 1.36 bits per heavy atom. The molecular weight excluding hydrogens is 180 g/mol. The fourth-order valence-electron chi connectivity index (χ4n) is 1.30. The minimum Gasteiger partial charge on any atom is -0.366 e. The Labute approximate surface area is 82.1 Å². The molecule has 1 rings (SSSR count). The van der Waals surface area contributed by atoms with Crippen molar-refractivity contribution < 1.29 is 9.59 Å². The van der Waals surface area contributed by atoms with E-state index >= 15 is 0 Å². The van der Waals surface area contributed by atoms with Crippen LogP contribution in [0.3, 0.4) is 0 Å². The third-order valence-electron chi connectivity index (χ3n) is 1.99. The summed E-state index contributed by atoms with van der Waals surface area (Å²) < 4.78 is 0. The summed E-state index contributed by atoms with van der Waals surface area (Å²) in [6, 6.07) is 5.00. The zero-order chi connectivity index (χ0) is 10.7. The number of nitrogens with two attached hydrogens (primary N) is 1. The van der Waals surface area contributed by atoms with Crippen LogP contribution in [0.15, 0.2) is 18.2 Å². The maximum Gasteiger partial charge on any atom is 0.252 e. The van der Waals surface area contributed by atoms with Crippen LogP contribution in [0.25, 0.3) is 0 Å². The second kappa shape index (κ2) is 3.91. The molecule has 74 valence electrons. The molecule has 4 nitrogen and oxygen atoms in total. The lowest BCUT2D eigenvalue weighted by Crippen LogP contribution is -2.24. The van der Waals surface area contributed by atoms with Gasteiger partial charge in [0.2, 0.25) is 5.91 Å². The molecule has 0 aliphatic carbocycles. The Hall–Kier alpha value is -1.84. The van der Waals surface area contributed by atoms with E-state index in [0.29, 0.717) is 5.56 Å². The van der Waals surface area contributed by atoms with Crippen LogP contribution in [0, 0.1) is 6.92 Å². The van der Waals surface area contributed by atoms with Crippen LogP contribution in [0.5, 0.6) is 0 Å². The average molecular weight is 192 g/mol. The second-order valence-corrected chi connectivity index (χ2v) is 2.94. The highest BCUT2D eigenvalue weighted by atomic mass is 16.2. The summed E-state index contributed by atoms with van der Waals surface area (Å²) in [5.41, 5.74) is 6.50. The number of hydrogen-bond donors (Lipinski definition) is 2. The molecule has 0 atom stereocenters. The summed E-state index contributed by atoms with van der Waals surface area (Å²) >= 11 is 0. The molecule has 3 N–H and O–H groups in total. The highest BCUT2D eigenvalue weighted by Gasteiger charge is 2.15. The maximum absolute atomic E-state index is 11.4. The van der Waals surface area contributed by atoms with Gasteiger partial charge in [0.25, 0.3) is 5.91 Å². The smallest absolute Gasteiger partial charge is 0.252 e. The monoisotopic (exact) mass is 192 g/mol. The fourth-order valence-corrected chi connectivity index (χ4v) is 1.30. The van der Waals surface area contributed by atoms with Gasteiger partial charge >= 0.3 is 0 Å². The van der Waals surface area contributed by atoms with Crippen LogP contribution < -0.4 is 11.1 Å². The molecule has 0 aliphatic rings. The van der Waals surface area contributed by atoms with Crippen LogP contribution in [0.2, 0.25) is 0 Å². The summed E-state index contributed by atoms with van der Waals surface area (Å²) in [4.78, 5) is 22.5. The van der Waals surface area contributed by atoms with Crippen molar-refractivity contribution in [1.82, 2.24) is 5.32 Å². The van der Waals surface area contributed by atoms with E-state index in [1.165, 1.54) is 7.05 Å². The lowest BCUT2D eigenvalue weighted by Gasteiger charge is -2.07. The average Bonchev–Trinajstić information content (AvgIpc) is 2.16. The lowest BCUT2D eigenvalue weighted by atomic mass is 10.0. The molecule has 0 aliphatic heterocycles. The van der Waals surface area contributed by atoms with Gasteiger partial charge in [0.1, 0.15) is 0 Å². The number of benzene rings is 1. The fraction of sp³-hybridized carbons (Fsp3) is 0.200. The zero-order valence-electron chi connectivity index (χ0n) is 8.13. The highest BCUT2D eigenvalue weighted by molar-refractivity contribution is 6.07. The van der Waals surface area contributed by atoms with E-state index in [1.54, 1.807) is 25.1 Å². The number of primary amides is 1. The summed E-state index contributed by atoms with van der Waals surface area (Å²) in [6.07, 6.45) is 0. The first-order chi connectivity index (χ1) is 6.57. The second-order valence-electron chi connectivity index (χ2n) is 2.94. The standard InChI is InChI=1S/C10H12N2O2/c1-6-4-3-5-7(9(11)13)8(6)10(14)12-2/h3-5H,1-2H3,(H2,11,13)(H,12,14). The van der Waals surface area contributed by atoms with E-state index in [9.17, 15) is 9.59 Å². The van der Waals surface area contributed by atoms with E-state index < -0.39 is 5.91 Å². The number of rotatable bonds is 2. The molecule has 0 saturated carbocycles. The topological polar surface area (TPSA) is 72.2 Å². The first kappa shape index (κ1) is 10.2. The van der Waals surface area contributed by atoms with Gasteiger partial charge in [-0.3, -0.25) is 9.59 Å². The molecule has 1 aromatic rings. The maximum atomic E-state index is 11.4. The molecule has 0 bridgehead atoms. The van der Waals surface area contributed by atoms with Gasteiger partial charge < -0.3 is 11.1 Å². The number of aryl methyl sites for hydroxylation is 1. The predicted molar refractivity (Wildman–Crippen MR) is 53.1 cm³/mol. The Balaban J connectivity index is 3.36. The van der Waals surface area contributed by atoms with Crippen molar-refractivity contribution in [2.24, 2.45) is 5.73 Å². The van der Waals surface area contributed by atoms with Gasteiger partial charge in [-0.1, -0.05) is 12.1 Å². The van der Waals surface area contributed by atoms with Crippen LogP contribution in [-0.2, 0) is 0 Å². The third kappa shape index (κ3) is 1.74. The van der Waals surface area contributed by atoms with Crippen molar-refractivity contribution >= 4 is 11.8 Å². The first-order valence-electron chi connectivity index (χ1n) is 4.19. The number of carbonyl (C=O) groups is 2. The van der Waals surface area contributed by atoms with Crippen molar-refractivity contribution in [3.8, 4) is 0 Å². The Morgan fingerprint density at radius 3 is 2.50 bits per heavy atom. The highest BCUT2D eigenvalue weighted by Crippen LogP contribution is 2.13. The van der Waals surface area contributed by atoms with Gasteiger partial charge in [-0.2, -0.15) is 0 Å². The quantitative estimate of drug-likeness (QED) is 0.714. The molecule has 0 saturated heterocycles. The number of nitrogens with one attached hydrogen (secondary N) is 1. The van der Waals surface area contributed by atoms with Crippen molar-refractivity contribution in [3.05, 3.63) is 34.9 Å². The number of hydrogen-bond acceptors (Lipinski definition) is 2. The van der Waals surface area contributed by atoms with E-state index in [4.69, 9.17) is 5.73 Å². The largest absolute Gasteiger partial charge is 0.366 e. The molecule has 0 fully saturated rings. The summed E-state index contributed by atoms with van der Waals surface area (Å²) in [7, 11) is 1.51. The predicted octanol–water partition coefficient (Wildman–Crippen LogP) is 0.454. The van der Waals surface area contributed by atoms with Crippen LogP contribution in [-0.4, -0.2) is 18.9 Å². The van der Waals surface area contributed by atoms with E-state index in [0.717, 1.165) is 5.56 Å². The number of carbonyl (C=O) groups excluding carboxylic acids is 2. The minimum atomic E-state index is -0.590. The van der Waals surface area contributed by atoms with Gasteiger partial charge in [-0.05, 0) is 18.6 Å². The molecule has 0 unspecified atom stereocenters. The van der Waals surface area contributed by atoms with E-state index in [1.807, 2.05) is 0 Å². The normalized spacial score (nSPS) is 9.57. The SMILES string of the molecule is CNC(=O)c1c(C)cccc1C(N)=O. The molecule has 0 spiro atoms. The summed E-state index contributed by atoms with van der Waals surface area (Å²) in [5, 5.41) is 2.47.